The van der Waals surface area contributed by atoms with Gasteiger partial charge in [0.05, 0.1) is 17.8 Å². The number of methoxy groups -OCH3 is 1. The van der Waals surface area contributed by atoms with Crippen LogP contribution in [-0.4, -0.2) is 23.9 Å². The molecule has 4 nitrogen and oxygen atoms in total. The fourth-order valence-electron chi connectivity index (χ4n) is 2.14. The van der Waals surface area contributed by atoms with Crippen LogP contribution in [0, 0.1) is 0 Å². The number of nitrogens with zero attached hydrogens (tertiary/aromatic N) is 1. The van der Waals surface area contributed by atoms with Gasteiger partial charge in [-0.05, 0) is 13.0 Å². The van der Waals surface area contributed by atoms with E-state index in [4.69, 9.17) is 9.84 Å². The maximum absolute atomic E-state index is 10.9. The molecule has 1 heterocycles. The van der Waals surface area contributed by atoms with Gasteiger partial charge in [-0.1, -0.05) is 18.2 Å². The van der Waals surface area contributed by atoms with E-state index in [-0.39, 0.29) is 6.42 Å². The summed E-state index contributed by atoms with van der Waals surface area (Å²) >= 11 is 0. The molecule has 84 valence electrons. The minimum Gasteiger partial charge on any atom is -0.481 e. The van der Waals surface area contributed by atoms with Gasteiger partial charge in [-0.25, -0.2) is 0 Å². The summed E-state index contributed by atoms with van der Waals surface area (Å²) in [7, 11) is 1.52. The Balaban J connectivity index is 2.55. The molecule has 0 fully saturated rings. The molecule has 2 rings (SSSR count). The third-order valence-corrected chi connectivity index (χ3v) is 2.96. The van der Waals surface area contributed by atoms with Crippen LogP contribution in [0.25, 0.3) is 0 Å². The molecule has 1 unspecified atom stereocenters. The van der Waals surface area contributed by atoms with E-state index in [0.717, 1.165) is 11.3 Å². The Labute approximate surface area is 93.6 Å². The lowest BCUT2D eigenvalue weighted by Crippen LogP contribution is -2.36. The molecule has 0 radical (unpaired) electrons. The number of carboxylic acids is 1. The zero-order valence-corrected chi connectivity index (χ0v) is 9.23. The fraction of sp³-hybridized carbons (Fsp3) is 0.333. The van der Waals surface area contributed by atoms with Crippen LogP contribution in [0.15, 0.2) is 29.3 Å². The van der Waals surface area contributed by atoms with Gasteiger partial charge in [0, 0.05) is 12.7 Å². The van der Waals surface area contributed by atoms with Crippen molar-refractivity contribution >= 4 is 17.4 Å². The van der Waals surface area contributed by atoms with Gasteiger partial charge in [-0.2, -0.15) is 0 Å². The summed E-state index contributed by atoms with van der Waals surface area (Å²) in [5, 5.41) is 8.98. The minimum atomic E-state index is -0.900. The van der Waals surface area contributed by atoms with Crippen LogP contribution in [-0.2, 0) is 15.1 Å². The van der Waals surface area contributed by atoms with Crippen molar-refractivity contribution in [1.29, 1.82) is 0 Å². The van der Waals surface area contributed by atoms with E-state index in [1.54, 1.807) is 6.92 Å². The van der Waals surface area contributed by atoms with Gasteiger partial charge in [0.2, 0.25) is 0 Å². The zero-order chi connectivity index (χ0) is 11.8. The smallest absolute Gasteiger partial charge is 0.307 e. The van der Waals surface area contributed by atoms with Crippen molar-refractivity contribution in [2.75, 3.05) is 7.11 Å². The number of fused-ring (bicyclic) bond motifs is 1. The predicted octanol–water partition coefficient (Wildman–Crippen LogP) is 2.11. The van der Waals surface area contributed by atoms with E-state index in [2.05, 4.69) is 4.99 Å². The molecule has 1 atom stereocenters. The average Bonchev–Trinajstić information content (AvgIpc) is 2.52. The standard InChI is InChI=1S/C12H13NO3/c1-8-12(16-2,7-11(14)15)9-5-3-4-6-10(9)13-8/h3-6H,7H2,1-2H3,(H,14,15). The Bertz CT molecular complexity index is 467. The predicted molar refractivity (Wildman–Crippen MR) is 60.2 cm³/mol. The van der Waals surface area contributed by atoms with Crippen LogP contribution >= 0.6 is 0 Å². The molecule has 0 spiro atoms. The number of rotatable bonds is 3. The highest BCUT2D eigenvalue weighted by atomic mass is 16.5. The average molecular weight is 219 g/mol. The van der Waals surface area contributed by atoms with E-state index in [0.29, 0.717) is 5.71 Å². The molecule has 16 heavy (non-hydrogen) atoms. The van der Waals surface area contributed by atoms with Crippen molar-refractivity contribution in [3.8, 4) is 0 Å². The van der Waals surface area contributed by atoms with Crippen LogP contribution in [0.4, 0.5) is 5.69 Å². The number of carboxylic acid groups (broad SMARTS) is 1. The molecule has 0 saturated carbocycles. The van der Waals surface area contributed by atoms with Crippen molar-refractivity contribution in [2.24, 2.45) is 4.99 Å². The molecule has 0 bridgehead atoms. The Kier molecular flexibility index (Phi) is 2.52. The van der Waals surface area contributed by atoms with Gasteiger partial charge in [0.15, 0.2) is 0 Å². The third-order valence-electron chi connectivity index (χ3n) is 2.96. The first-order chi connectivity index (χ1) is 7.60. The van der Waals surface area contributed by atoms with E-state index in [1.165, 1.54) is 7.11 Å². The van der Waals surface area contributed by atoms with Crippen LogP contribution in [0.1, 0.15) is 18.9 Å². The number of aliphatic imine (C=N–C) groups is 1. The summed E-state index contributed by atoms with van der Waals surface area (Å²) in [4.78, 5) is 15.3. The second-order valence-corrected chi connectivity index (χ2v) is 3.82. The highest BCUT2D eigenvalue weighted by Gasteiger charge is 2.43. The lowest BCUT2D eigenvalue weighted by atomic mass is 9.87. The first-order valence-corrected chi connectivity index (χ1v) is 5.02. The van der Waals surface area contributed by atoms with E-state index >= 15 is 0 Å². The van der Waals surface area contributed by atoms with Crippen LogP contribution in [0.5, 0.6) is 0 Å². The molecule has 1 N–H and O–H groups in total. The number of carbonyl (C=O) groups is 1. The summed E-state index contributed by atoms with van der Waals surface area (Å²) in [5.74, 6) is -0.895. The van der Waals surface area contributed by atoms with Gasteiger partial charge < -0.3 is 9.84 Å². The molecule has 0 amide bonds. The van der Waals surface area contributed by atoms with Gasteiger partial charge in [0.1, 0.15) is 5.60 Å². The highest BCUT2D eigenvalue weighted by Crippen LogP contribution is 2.42. The maximum atomic E-state index is 10.9. The monoisotopic (exact) mass is 219 g/mol. The molecule has 0 aromatic heterocycles. The number of hydrogen-bond donors (Lipinski definition) is 1. The quantitative estimate of drug-likeness (QED) is 0.846. The molecule has 1 aliphatic heterocycles. The Morgan fingerprint density at radius 2 is 2.19 bits per heavy atom. The fourth-order valence-corrected chi connectivity index (χ4v) is 2.14. The summed E-state index contributed by atoms with van der Waals surface area (Å²) in [5.41, 5.74) is 1.42. The zero-order valence-electron chi connectivity index (χ0n) is 9.23. The number of aliphatic carboxylic acids is 1. The minimum absolute atomic E-state index is 0.101. The SMILES string of the molecule is COC1(CC(=O)O)C(C)=Nc2ccccc21. The van der Waals surface area contributed by atoms with E-state index in [1.807, 2.05) is 24.3 Å². The molecule has 4 heteroatoms. The van der Waals surface area contributed by atoms with Gasteiger partial charge in [-0.3, -0.25) is 9.79 Å². The number of para-hydroxylation sites is 1. The Morgan fingerprint density at radius 1 is 1.50 bits per heavy atom. The topological polar surface area (TPSA) is 58.9 Å². The molecule has 1 aliphatic rings. The number of hydrogen-bond acceptors (Lipinski definition) is 3. The first kappa shape index (κ1) is 10.8. The maximum Gasteiger partial charge on any atom is 0.307 e. The molecule has 1 aromatic carbocycles. The van der Waals surface area contributed by atoms with Crippen molar-refractivity contribution < 1.29 is 14.6 Å². The van der Waals surface area contributed by atoms with Crippen molar-refractivity contribution in [3.63, 3.8) is 0 Å². The van der Waals surface area contributed by atoms with E-state index < -0.39 is 11.6 Å². The summed E-state index contributed by atoms with van der Waals surface area (Å²) in [6, 6.07) is 7.47. The summed E-state index contributed by atoms with van der Waals surface area (Å²) < 4.78 is 5.44. The lowest BCUT2D eigenvalue weighted by Gasteiger charge is -2.27. The Hall–Kier alpha value is -1.68. The normalized spacial score (nSPS) is 22.8. The molecular weight excluding hydrogens is 206 g/mol. The van der Waals surface area contributed by atoms with E-state index in [9.17, 15) is 4.79 Å². The Morgan fingerprint density at radius 3 is 2.81 bits per heavy atom. The second kappa shape index (κ2) is 3.72. The van der Waals surface area contributed by atoms with Gasteiger partial charge in [-0.15, -0.1) is 0 Å². The number of benzene rings is 1. The number of ether oxygens (including phenoxy) is 1. The van der Waals surface area contributed by atoms with Crippen molar-refractivity contribution in [3.05, 3.63) is 29.8 Å². The highest BCUT2D eigenvalue weighted by molar-refractivity contribution is 6.01. The molecular formula is C12H13NO3. The van der Waals surface area contributed by atoms with Crippen LogP contribution in [0.2, 0.25) is 0 Å². The first-order valence-electron chi connectivity index (χ1n) is 5.02. The largest absolute Gasteiger partial charge is 0.481 e. The van der Waals surface area contributed by atoms with Crippen LogP contribution in [0.3, 0.4) is 0 Å². The molecule has 0 aliphatic carbocycles. The summed E-state index contributed by atoms with van der Waals surface area (Å²) in [6.07, 6.45) is -0.101. The van der Waals surface area contributed by atoms with Crippen molar-refractivity contribution in [1.82, 2.24) is 0 Å². The second-order valence-electron chi connectivity index (χ2n) is 3.82. The third kappa shape index (κ3) is 1.42. The molecule has 0 saturated heterocycles. The van der Waals surface area contributed by atoms with Gasteiger partial charge >= 0.3 is 5.97 Å². The van der Waals surface area contributed by atoms with Crippen molar-refractivity contribution in [2.45, 2.75) is 18.9 Å². The summed E-state index contributed by atoms with van der Waals surface area (Å²) in [6.45, 7) is 1.80. The van der Waals surface area contributed by atoms with Gasteiger partial charge in [0.25, 0.3) is 0 Å². The lowest BCUT2D eigenvalue weighted by molar-refractivity contribution is -0.141. The van der Waals surface area contributed by atoms with Crippen LogP contribution < -0.4 is 0 Å². The molecule has 1 aromatic rings.